The summed E-state index contributed by atoms with van der Waals surface area (Å²) in [6.45, 7) is 8.27. The van der Waals surface area contributed by atoms with Gasteiger partial charge in [0.05, 0.1) is 17.8 Å². The van der Waals surface area contributed by atoms with Crippen LogP contribution in [-0.2, 0) is 32.0 Å². The molecule has 1 heterocycles. The maximum Gasteiger partial charge on any atom is 0.495 e. The van der Waals surface area contributed by atoms with E-state index in [4.69, 9.17) is 23.5 Å². The molecule has 0 amide bonds. The zero-order valence-corrected chi connectivity index (χ0v) is 21.2. The lowest BCUT2D eigenvalue weighted by molar-refractivity contribution is -0.0396. The maximum atomic E-state index is 15.0. The van der Waals surface area contributed by atoms with Gasteiger partial charge in [0.15, 0.2) is 0 Å². The van der Waals surface area contributed by atoms with Gasteiger partial charge in [-0.2, -0.15) is 0 Å². The van der Waals surface area contributed by atoms with E-state index >= 15 is 0 Å². The fraction of sp³-hybridized carbons (Fsp3) is 0.556. The van der Waals surface area contributed by atoms with Crippen molar-refractivity contribution in [2.75, 3.05) is 13.9 Å². The van der Waals surface area contributed by atoms with Crippen LogP contribution in [0.5, 0.6) is 5.75 Å². The fourth-order valence-electron chi connectivity index (χ4n) is 3.90. The van der Waals surface area contributed by atoms with Crippen LogP contribution >= 0.6 is 0 Å². The van der Waals surface area contributed by atoms with Crippen molar-refractivity contribution in [2.45, 2.75) is 84.2 Å². The second kappa shape index (κ2) is 12.2. The van der Waals surface area contributed by atoms with Gasteiger partial charge in [-0.05, 0) is 44.8 Å². The Balaban J connectivity index is 0.000000574. The molecule has 5 nitrogen and oxygen atoms in total. The second-order valence-corrected chi connectivity index (χ2v) is 9.86. The van der Waals surface area contributed by atoms with Crippen molar-refractivity contribution in [3.63, 3.8) is 0 Å². The molecular weight excluding hydrogens is 434 g/mol. The molecule has 1 aliphatic heterocycles. The van der Waals surface area contributed by atoms with Crippen molar-refractivity contribution in [1.82, 2.24) is 0 Å². The Kier molecular flexibility index (Phi) is 9.54. The van der Waals surface area contributed by atoms with E-state index < -0.39 is 24.1 Å². The monoisotopic (exact) mass is 472 g/mol. The van der Waals surface area contributed by atoms with Gasteiger partial charge in [-0.1, -0.05) is 62.4 Å². The fourth-order valence-corrected chi connectivity index (χ4v) is 3.90. The molecule has 0 radical (unpaired) electrons. The normalized spacial score (nSPS) is 18.5. The van der Waals surface area contributed by atoms with Crippen LogP contribution in [0.25, 0.3) is 0 Å². The molecule has 2 aliphatic rings. The number of benzene rings is 2. The largest absolute Gasteiger partial charge is 0.495 e. The summed E-state index contributed by atoms with van der Waals surface area (Å²) in [4.78, 5) is 0. The molecule has 7 heteroatoms. The minimum absolute atomic E-state index is 0.0397. The standard InChI is InChI=1S/C22H28BFO5.C5H10/c1-21(2)22(3,4)29-23(28-21)19-11-17(27-13-16-9-7-6-8-10-16)12-20(24)18(19)14-26-15-25-5;1-2-4-5-3-1/h6-12H,13-15H2,1-5H3;1-5H2. The highest BCUT2D eigenvalue weighted by atomic mass is 19.1. The number of halogens is 1. The third-order valence-electron chi connectivity index (χ3n) is 6.66. The smallest absolute Gasteiger partial charge is 0.489 e. The maximum absolute atomic E-state index is 15.0. The number of methoxy groups -OCH3 is 1. The summed E-state index contributed by atoms with van der Waals surface area (Å²) in [5, 5.41) is 0. The van der Waals surface area contributed by atoms with E-state index in [1.54, 1.807) is 6.07 Å². The highest BCUT2D eigenvalue weighted by Crippen LogP contribution is 2.37. The summed E-state index contributed by atoms with van der Waals surface area (Å²) in [6.07, 6.45) is 7.50. The van der Waals surface area contributed by atoms with Crippen molar-refractivity contribution < 1.29 is 27.9 Å². The zero-order chi connectivity index (χ0) is 24.6. The summed E-state index contributed by atoms with van der Waals surface area (Å²) in [5.41, 5.74) is 0.840. The molecule has 0 unspecified atom stereocenters. The molecule has 0 aromatic heterocycles. The second-order valence-electron chi connectivity index (χ2n) is 9.86. The molecule has 2 aromatic rings. The molecule has 1 saturated heterocycles. The average molecular weight is 472 g/mol. The van der Waals surface area contributed by atoms with Crippen LogP contribution < -0.4 is 10.2 Å². The number of hydrogen-bond donors (Lipinski definition) is 0. The van der Waals surface area contributed by atoms with Gasteiger partial charge in [0.25, 0.3) is 0 Å². The van der Waals surface area contributed by atoms with Crippen LogP contribution in [0.2, 0.25) is 0 Å². The van der Waals surface area contributed by atoms with Crippen molar-refractivity contribution in [1.29, 1.82) is 0 Å². The molecule has 0 atom stereocenters. The molecule has 1 aliphatic carbocycles. The van der Waals surface area contributed by atoms with Crippen LogP contribution in [-0.4, -0.2) is 32.2 Å². The van der Waals surface area contributed by atoms with E-state index in [2.05, 4.69) is 0 Å². The molecule has 2 aromatic carbocycles. The van der Waals surface area contributed by atoms with Gasteiger partial charge in [-0.25, -0.2) is 4.39 Å². The van der Waals surface area contributed by atoms with Gasteiger partial charge in [-0.15, -0.1) is 0 Å². The van der Waals surface area contributed by atoms with E-state index in [0.717, 1.165) is 5.56 Å². The lowest BCUT2D eigenvalue weighted by Gasteiger charge is -2.32. The van der Waals surface area contributed by atoms with Gasteiger partial charge in [0.1, 0.15) is 25.0 Å². The van der Waals surface area contributed by atoms with E-state index in [1.807, 2.05) is 58.0 Å². The molecule has 0 bridgehead atoms. The first-order valence-electron chi connectivity index (χ1n) is 12.1. The topological polar surface area (TPSA) is 46.2 Å². The predicted octanol–water partition coefficient (Wildman–Crippen LogP) is 5.77. The van der Waals surface area contributed by atoms with Crippen molar-refractivity contribution in [3.05, 3.63) is 59.4 Å². The highest BCUT2D eigenvalue weighted by Gasteiger charge is 2.52. The first-order valence-corrected chi connectivity index (χ1v) is 12.1. The third-order valence-corrected chi connectivity index (χ3v) is 6.66. The van der Waals surface area contributed by atoms with E-state index in [9.17, 15) is 4.39 Å². The zero-order valence-electron chi connectivity index (χ0n) is 21.2. The Hall–Kier alpha value is -1.93. The van der Waals surface area contributed by atoms with Crippen molar-refractivity contribution in [2.24, 2.45) is 0 Å². The van der Waals surface area contributed by atoms with E-state index in [0.29, 0.717) is 23.4 Å². The number of ether oxygens (including phenoxy) is 3. The van der Waals surface area contributed by atoms with Gasteiger partial charge >= 0.3 is 7.12 Å². The summed E-state index contributed by atoms with van der Waals surface area (Å²) >= 11 is 0. The lowest BCUT2D eigenvalue weighted by atomic mass is 9.75. The Morgan fingerprint density at radius 3 is 2.03 bits per heavy atom. The van der Waals surface area contributed by atoms with E-state index in [-0.39, 0.29) is 13.4 Å². The van der Waals surface area contributed by atoms with Crippen LogP contribution in [0.1, 0.15) is 70.9 Å². The quantitative estimate of drug-likeness (QED) is 0.277. The van der Waals surface area contributed by atoms with E-state index in [1.165, 1.54) is 45.3 Å². The van der Waals surface area contributed by atoms with Gasteiger partial charge in [0.2, 0.25) is 0 Å². The van der Waals surface area contributed by atoms with Crippen LogP contribution in [0.4, 0.5) is 4.39 Å². The molecule has 34 heavy (non-hydrogen) atoms. The number of hydrogen-bond acceptors (Lipinski definition) is 5. The summed E-state index contributed by atoms with van der Waals surface area (Å²) < 4.78 is 43.4. The minimum Gasteiger partial charge on any atom is -0.489 e. The minimum atomic E-state index is -0.726. The molecule has 0 spiro atoms. The van der Waals surface area contributed by atoms with Crippen LogP contribution in [0.15, 0.2) is 42.5 Å². The summed E-state index contributed by atoms with van der Waals surface area (Å²) in [7, 11) is 0.794. The van der Waals surface area contributed by atoms with Gasteiger partial charge < -0.3 is 23.5 Å². The van der Waals surface area contributed by atoms with Gasteiger partial charge in [-0.3, -0.25) is 0 Å². The molecule has 2 fully saturated rings. The first-order chi connectivity index (χ1) is 16.2. The molecule has 186 valence electrons. The van der Waals surface area contributed by atoms with Crippen molar-refractivity contribution >= 4 is 12.6 Å². The third kappa shape index (κ3) is 7.04. The Morgan fingerprint density at radius 2 is 1.47 bits per heavy atom. The van der Waals surface area contributed by atoms with Crippen molar-refractivity contribution in [3.8, 4) is 5.75 Å². The first kappa shape index (κ1) is 26.7. The molecule has 4 rings (SSSR count). The Labute approximate surface area is 204 Å². The molecule has 1 saturated carbocycles. The highest BCUT2D eigenvalue weighted by molar-refractivity contribution is 6.62. The SMILES string of the molecule is C1CCCC1.COCOCc1c(F)cc(OCc2ccccc2)cc1B1OC(C)(C)C(C)(C)O1. The van der Waals surface area contributed by atoms with Gasteiger partial charge in [0, 0.05) is 18.7 Å². The predicted molar refractivity (Wildman–Crippen MR) is 133 cm³/mol. The Morgan fingerprint density at radius 1 is 0.882 bits per heavy atom. The summed E-state index contributed by atoms with van der Waals surface area (Å²) in [6, 6.07) is 12.9. The average Bonchev–Trinajstić information content (AvgIpc) is 3.45. The Bertz CT molecular complexity index is 876. The molecular formula is C27H38BFO5. The lowest BCUT2D eigenvalue weighted by Crippen LogP contribution is -2.41. The summed E-state index contributed by atoms with van der Waals surface area (Å²) in [5.74, 6) is -0.0251. The van der Waals surface area contributed by atoms with Crippen LogP contribution in [0, 0.1) is 5.82 Å². The molecule has 0 N–H and O–H groups in total. The van der Waals surface area contributed by atoms with Crippen LogP contribution in [0.3, 0.4) is 0 Å². The number of rotatable bonds is 8.